The first-order valence-corrected chi connectivity index (χ1v) is 7.22. The zero-order valence-corrected chi connectivity index (χ0v) is 11.8. The van der Waals surface area contributed by atoms with E-state index < -0.39 is 0 Å². The maximum atomic E-state index is 6.20. The van der Waals surface area contributed by atoms with E-state index in [4.69, 9.17) is 5.73 Å². The van der Waals surface area contributed by atoms with Crippen molar-refractivity contribution in [2.24, 2.45) is 11.7 Å². The second-order valence-corrected chi connectivity index (χ2v) is 5.84. The highest BCUT2D eigenvalue weighted by Gasteiger charge is 2.28. The van der Waals surface area contributed by atoms with Crippen molar-refractivity contribution >= 4 is 0 Å². The third-order valence-corrected chi connectivity index (χ3v) is 4.20. The summed E-state index contributed by atoms with van der Waals surface area (Å²) in [5, 5.41) is 3.75. The van der Waals surface area contributed by atoms with Crippen molar-refractivity contribution in [3.63, 3.8) is 0 Å². The molecule has 0 saturated carbocycles. The lowest BCUT2D eigenvalue weighted by molar-refractivity contribution is 0.368. The van der Waals surface area contributed by atoms with E-state index in [1.807, 2.05) is 0 Å². The third-order valence-electron chi connectivity index (χ3n) is 4.20. The quantitative estimate of drug-likeness (QED) is 0.834. The summed E-state index contributed by atoms with van der Waals surface area (Å²) in [6, 6.07) is 9.79. The minimum absolute atomic E-state index is 0.203. The van der Waals surface area contributed by atoms with Crippen LogP contribution < -0.4 is 11.1 Å². The number of benzene rings is 1. The minimum Gasteiger partial charge on any atom is -0.324 e. The standard InChI is InChI=1S/C16H26N2/c1-4-11(2)9-12(3)18-16-10-15(17)13-7-5-6-8-14(13)16/h5-8,11-12,15-16,18H,4,9-10,17H2,1-3H3. The van der Waals surface area contributed by atoms with Crippen LogP contribution in [0.25, 0.3) is 0 Å². The van der Waals surface area contributed by atoms with Gasteiger partial charge in [-0.25, -0.2) is 0 Å². The van der Waals surface area contributed by atoms with Gasteiger partial charge in [-0.15, -0.1) is 0 Å². The molecule has 1 aromatic carbocycles. The summed E-state index contributed by atoms with van der Waals surface area (Å²) in [6.07, 6.45) is 3.53. The number of hydrogen-bond acceptors (Lipinski definition) is 2. The van der Waals surface area contributed by atoms with Gasteiger partial charge >= 0.3 is 0 Å². The summed E-state index contributed by atoms with van der Waals surface area (Å²) in [4.78, 5) is 0. The fourth-order valence-electron chi connectivity index (χ4n) is 3.01. The van der Waals surface area contributed by atoms with Gasteiger partial charge in [0.25, 0.3) is 0 Å². The molecular formula is C16H26N2. The van der Waals surface area contributed by atoms with Crippen molar-refractivity contribution in [3.8, 4) is 0 Å². The molecular weight excluding hydrogens is 220 g/mol. The second kappa shape index (κ2) is 5.85. The van der Waals surface area contributed by atoms with Gasteiger partial charge in [-0.3, -0.25) is 0 Å². The predicted molar refractivity (Wildman–Crippen MR) is 77.4 cm³/mol. The summed E-state index contributed by atoms with van der Waals surface area (Å²) in [6.45, 7) is 6.88. The number of fused-ring (bicyclic) bond motifs is 1. The molecule has 18 heavy (non-hydrogen) atoms. The lowest BCUT2D eigenvalue weighted by Crippen LogP contribution is -2.31. The Labute approximate surface area is 111 Å². The van der Waals surface area contributed by atoms with Crippen LogP contribution in [0.5, 0.6) is 0 Å². The Hall–Kier alpha value is -0.860. The van der Waals surface area contributed by atoms with Gasteiger partial charge in [-0.1, -0.05) is 44.5 Å². The largest absolute Gasteiger partial charge is 0.324 e. The second-order valence-electron chi connectivity index (χ2n) is 5.84. The van der Waals surface area contributed by atoms with Crippen molar-refractivity contribution in [2.75, 3.05) is 0 Å². The Morgan fingerprint density at radius 3 is 2.61 bits per heavy atom. The van der Waals surface area contributed by atoms with Gasteiger partial charge < -0.3 is 11.1 Å². The van der Waals surface area contributed by atoms with Crippen molar-refractivity contribution in [1.29, 1.82) is 0 Å². The summed E-state index contributed by atoms with van der Waals surface area (Å²) in [5.41, 5.74) is 8.93. The average Bonchev–Trinajstić information content (AvgIpc) is 2.67. The highest BCUT2D eigenvalue weighted by molar-refractivity contribution is 5.37. The molecule has 4 atom stereocenters. The van der Waals surface area contributed by atoms with Gasteiger partial charge in [-0.2, -0.15) is 0 Å². The molecule has 0 aliphatic heterocycles. The molecule has 2 rings (SSSR count). The predicted octanol–water partition coefficient (Wildman–Crippen LogP) is 3.55. The van der Waals surface area contributed by atoms with Crippen LogP contribution in [0.3, 0.4) is 0 Å². The van der Waals surface area contributed by atoms with E-state index in [2.05, 4.69) is 50.4 Å². The van der Waals surface area contributed by atoms with E-state index in [1.54, 1.807) is 0 Å². The number of nitrogens with two attached hydrogens (primary N) is 1. The topological polar surface area (TPSA) is 38.0 Å². The zero-order valence-electron chi connectivity index (χ0n) is 11.8. The molecule has 1 aliphatic rings. The lowest BCUT2D eigenvalue weighted by Gasteiger charge is -2.22. The number of nitrogens with one attached hydrogen (secondary N) is 1. The van der Waals surface area contributed by atoms with Gasteiger partial charge in [0.05, 0.1) is 0 Å². The first-order chi connectivity index (χ1) is 8.61. The van der Waals surface area contributed by atoms with Crippen LogP contribution in [0.2, 0.25) is 0 Å². The Balaban J connectivity index is 1.99. The molecule has 0 saturated heterocycles. The van der Waals surface area contributed by atoms with Gasteiger partial charge in [0.1, 0.15) is 0 Å². The molecule has 2 nitrogen and oxygen atoms in total. The maximum absolute atomic E-state index is 6.20. The molecule has 2 heteroatoms. The summed E-state index contributed by atoms with van der Waals surface area (Å²) in [7, 11) is 0. The number of rotatable bonds is 5. The fourth-order valence-corrected chi connectivity index (χ4v) is 3.01. The van der Waals surface area contributed by atoms with E-state index in [0.717, 1.165) is 12.3 Å². The Morgan fingerprint density at radius 1 is 1.28 bits per heavy atom. The smallest absolute Gasteiger partial charge is 0.0343 e. The summed E-state index contributed by atoms with van der Waals surface area (Å²) in [5.74, 6) is 0.790. The SMILES string of the molecule is CCC(C)CC(C)NC1CC(N)c2ccccc21. The lowest BCUT2D eigenvalue weighted by atomic mass is 9.99. The van der Waals surface area contributed by atoms with Crippen molar-refractivity contribution in [3.05, 3.63) is 35.4 Å². The highest BCUT2D eigenvalue weighted by Crippen LogP contribution is 2.37. The van der Waals surface area contributed by atoms with Crippen molar-refractivity contribution in [2.45, 2.75) is 58.2 Å². The normalized spacial score (nSPS) is 25.8. The zero-order chi connectivity index (χ0) is 13.1. The van der Waals surface area contributed by atoms with Gasteiger partial charge in [0, 0.05) is 18.1 Å². The van der Waals surface area contributed by atoms with E-state index in [9.17, 15) is 0 Å². The van der Waals surface area contributed by atoms with Crippen LogP contribution in [-0.2, 0) is 0 Å². The molecule has 0 amide bonds. The minimum atomic E-state index is 0.203. The molecule has 1 aromatic rings. The molecule has 100 valence electrons. The Morgan fingerprint density at radius 2 is 1.94 bits per heavy atom. The maximum Gasteiger partial charge on any atom is 0.0343 e. The average molecular weight is 246 g/mol. The number of hydrogen-bond donors (Lipinski definition) is 2. The van der Waals surface area contributed by atoms with Crippen molar-refractivity contribution < 1.29 is 0 Å². The monoisotopic (exact) mass is 246 g/mol. The van der Waals surface area contributed by atoms with Crippen molar-refractivity contribution in [1.82, 2.24) is 5.32 Å². The molecule has 0 spiro atoms. The Bertz CT molecular complexity index is 388. The van der Waals surface area contributed by atoms with Crippen LogP contribution in [0, 0.1) is 5.92 Å². The molecule has 0 bridgehead atoms. The van der Waals surface area contributed by atoms with E-state index in [1.165, 1.54) is 24.0 Å². The van der Waals surface area contributed by atoms with Gasteiger partial charge in [-0.05, 0) is 36.8 Å². The molecule has 0 heterocycles. The highest BCUT2D eigenvalue weighted by atomic mass is 15.0. The summed E-state index contributed by atoms with van der Waals surface area (Å²) < 4.78 is 0. The molecule has 0 fully saturated rings. The molecule has 4 unspecified atom stereocenters. The molecule has 0 aromatic heterocycles. The van der Waals surface area contributed by atoms with Crippen LogP contribution in [0.15, 0.2) is 24.3 Å². The van der Waals surface area contributed by atoms with Crippen LogP contribution in [-0.4, -0.2) is 6.04 Å². The van der Waals surface area contributed by atoms with E-state index in [-0.39, 0.29) is 6.04 Å². The fraction of sp³-hybridized carbons (Fsp3) is 0.625. The molecule has 1 aliphatic carbocycles. The van der Waals surface area contributed by atoms with E-state index in [0.29, 0.717) is 12.1 Å². The van der Waals surface area contributed by atoms with Crippen LogP contribution in [0.1, 0.15) is 63.2 Å². The van der Waals surface area contributed by atoms with Gasteiger partial charge in [0.2, 0.25) is 0 Å². The van der Waals surface area contributed by atoms with Crippen LogP contribution >= 0.6 is 0 Å². The first-order valence-electron chi connectivity index (χ1n) is 7.22. The van der Waals surface area contributed by atoms with Crippen LogP contribution in [0.4, 0.5) is 0 Å². The van der Waals surface area contributed by atoms with E-state index >= 15 is 0 Å². The summed E-state index contributed by atoms with van der Waals surface area (Å²) >= 11 is 0. The first kappa shape index (κ1) is 13.6. The Kier molecular flexibility index (Phi) is 4.41. The van der Waals surface area contributed by atoms with Gasteiger partial charge in [0.15, 0.2) is 0 Å². The molecule has 3 N–H and O–H groups in total. The third kappa shape index (κ3) is 2.93. The molecule has 0 radical (unpaired) electrons.